The Balaban J connectivity index is 1.63. The monoisotopic (exact) mass is 352 g/mol. The Morgan fingerprint density at radius 3 is 2.75 bits per heavy atom. The average Bonchev–Trinajstić information content (AvgIpc) is 3.20. The summed E-state index contributed by atoms with van der Waals surface area (Å²) in [6, 6.07) is 0.231. The molecule has 0 aliphatic heterocycles. The summed E-state index contributed by atoms with van der Waals surface area (Å²) in [5.74, 6) is 2.94. The number of nitrogens with one attached hydrogen (secondary N) is 2. The number of carbonyl (C=O) groups is 1. The predicted octanol–water partition coefficient (Wildman–Crippen LogP) is 3.96. The number of aromatic amines is 1. The molecule has 5 nitrogen and oxygen atoms in total. The Labute approximate surface area is 150 Å². The van der Waals surface area contributed by atoms with Crippen LogP contribution in [0.1, 0.15) is 71.5 Å². The number of thioether (sulfide) groups is 1. The number of aryl methyl sites for hydroxylation is 1. The molecule has 0 saturated heterocycles. The van der Waals surface area contributed by atoms with Gasteiger partial charge in [0.1, 0.15) is 5.82 Å². The second kappa shape index (κ2) is 10.1. The molecule has 0 radical (unpaired) electrons. The van der Waals surface area contributed by atoms with E-state index in [-0.39, 0.29) is 11.9 Å². The zero-order valence-electron chi connectivity index (χ0n) is 15.3. The maximum absolute atomic E-state index is 12.0. The predicted molar refractivity (Wildman–Crippen MR) is 99.1 cm³/mol. The van der Waals surface area contributed by atoms with Crippen LogP contribution in [0.25, 0.3) is 0 Å². The van der Waals surface area contributed by atoms with Gasteiger partial charge in [0.2, 0.25) is 11.1 Å². The van der Waals surface area contributed by atoms with Crippen LogP contribution in [-0.2, 0) is 11.2 Å². The van der Waals surface area contributed by atoms with E-state index in [9.17, 15) is 4.79 Å². The van der Waals surface area contributed by atoms with Gasteiger partial charge >= 0.3 is 0 Å². The lowest BCUT2D eigenvalue weighted by Crippen LogP contribution is -2.34. The van der Waals surface area contributed by atoms with E-state index in [0.717, 1.165) is 31.0 Å². The van der Waals surface area contributed by atoms with Crippen LogP contribution >= 0.6 is 11.8 Å². The molecule has 0 bridgehead atoms. The van der Waals surface area contributed by atoms with Crippen LogP contribution < -0.4 is 5.32 Å². The molecule has 2 rings (SSSR count). The highest BCUT2D eigenvalue weighted by molar-refractivity contribution is 7.99. The summed E-state index contributed by atoms with van der Waals surface area (Å²) in [6.07, 6.45) is 9.83. The Morgan fingerprint density at radius 1 is 1.29 bits per heavy atom. The average molecular weight is 353 g/mol. The van der Waals surface area contributed by atoms with Gasteiger partial charge in [-0.05, 0) is 38.0 Å². The van der Waals surface area contributed by atoms with Gasteiger partial charge in [0.15, 0.2) is 0 Å². The Hall–Kier alpha value is -1.04. The van der Waals surface area contributed by atoms with Crippen LogP contribution in [0.2, 0.25) is 0 Å². The number of carbonyl (C=O) groups excluding carboxylic acids is 1. The fourth-order valence-corrected chi connectivity index (χ4v) is 3.82. The summed E-state index contributed by atoms with van der Waals surface area (Å²) in [7, 11) is 0. The van der Waals surface area contributed by atoms with Gasteiger partial charge in [0.25, 0.3) is 0 Å². The number of H-pyrrole nitrogens is 1. The van der Waals surface area contributed by atoms with Crippen LogP contribution in [-0.4, -0.2) is 32.9 Å². The fourth-order valence-electron chi connectivity index (χ4n) is 3.20. The maximum atomic E-state index is 12.0. The number of hydrogen-bond acceptors (Lipinski definition) is 4. The summed E-state index contributed by atoms with van der Waals surface area (Å²) < 4.78 is 0. The molecule has 1 saturated carbocycles. The minimum Gasteiger partial charge on any atom is -0.353 e. The van der Waals surface area contributed by atoms with Crippen molar-refractivity contribution in [2.24, 2.45) is 11.8 Å². The molecule has 1 aromatic heterocycles. The SMILES string of the molecule is CC(C)CC[C@@H](C)NC(=O)CSc1n[nH]c(CCC2CCCC2)n1. The van der Waals surface area contributed by atoms with Gasteiger partial charge in [-0.25, -0.2) is 4.98 Å². The molecule has 0 spiro atoms. The zero-order valence-corrected chi connectivity index (χ0v) is 16.1. The molecule has 2 N–H and O–H groups in total. The molecule has 1 fully saturated rings. The molecule has 1 aliphatic rings. The largest absolute Gasteiger partial charge is 0.353 e. The minimum atomic E-state index is 0.0635. The van der Waals surface area contributed by atoms with Gasteiger partial charge in [-0.3, -0.25) is 9.89 Å². The van der Waals surface area contributed by atoms with Crippen LogP contribution in [0, 0.1) is 11.8 Å². The van der Waals surface area contributed by atoms with Crippen LogP contribution in [0.15, 0.2) is 5.16 Å². The summed E-state index contributed by atoms with van der Waals surface area (Å²) in [5, 5.41) is 11.0. The van der Waals surface area contributed by atoms with Crippen LogP contribution in [0.4, 0.5) is 0 Å². The Bertz CT molecular complexity index is 497. The summed E-state index contributed by atoms with van der Waals surface area (Å²) in [4.78, 5) is 16.5. The first-order valence-corrected chi connectivity index (χ1v) is 10.3. The molecule has 136 valence electrons. The van der Waals surface area contributed by atoms with Gasteiger partial charge in [-0.2, -0.15) is 0 Å². The van der Waals surface area contributed by atoms with E-state index in [1.807, 2.05) is 0 Å². The summed E-state index contributed by atoms with van der Waals surface area (Å²) >= 11 is 1.41. The smallest absolute Gasteiger partial charge is 0.230 e. The lowest BCUT2D eigenvalue weighted by Gasteiger charge is -2.14. The Morgan fingerprint density at radius 2 is 2.04 bits per heavy atom. The van der Waals surface area contributed by atoms with E-state index in [1.165, 1.54) is 43.9 Å². The van der Waals surface area contributed by atoms with Crippen LogP contribution in [0.3, 0.4) is 0 Å². The topological polar surface area (TPSA) is 70.7 Å². The van der Waals surface area contributed by atoms with E-state index < -0.39 is 0 Å². The molecule has 6 heteroatoms. The third-order valence-electron chi connectivity index (χ3n) is 4.69. The molecule has 1 heterocycles. The first kappa shape index (κ1) is 19.3. The van der Waals surface area contributed by atoms with Crippen molar-refractivity contribution in [3.8, 4) is 0 Å². The van der Waals surface area contributed by atoms with Gasteiger partial charge in [0.05, 0.1) is 5.75 Å². The quantitative estimate of drug-likeness (QED) is 0.625. The lowest BCUT2D eigenvalue weighted by atomic mass is 10.0. The maximum Gasteiger partial charge on any atom is 0.230 e. The molecule has 1 amide bonds. The van der Waals surface area contributed by atoms with E-state index in [1.54, 1.807) is 0 Å². The van der Waals surface area contributed by atoms with Crippen molar-refractivity contribution in [3.63, 3.8) is 0 Å². The molecule has 0 aromatic carbocycles. The van der Waals surface area contributed by atoms with Crippen molar-refractivity contribution in [2.75, 3.05) is 5.75 Å². The second-order valence-corrected chi connectivity index (χ2v) is 8.42. The van der Waals surface area contributed by atoms with Crippen molar-refractivity contribution in [1.29, 1.82) is 0 Å². The second-order valence-electron chi connectivity index (χ2n) is 7.48. The van der Waals surface area contributed by atoms with E-state index in [2.05, 4.69) is 41.3 Å². The number of rotatable bonds is 10. The summed E-state index contributed by atoms with van der Waals surface area (Å²) in [5.41, 5.74) is 0. The molecule has 1 atom stereocenters. The number of nitrogens with zero attached hydrogens (tertiary/aromatic N) is 2. The molecule has 1 aromatic rings. The highest BCUT2D eigenvalue weighted by atomic mass is 32.2. The fraction of sp³-hybridized carbons (Fsp3) is 0.833. The number of amides is 1. The molecular weight excluding hydrogens is 320 g/mol. The van der Waals surface area contributed by atoms with Gasteiger partial charge in [-0.1, -0.05) is 51.3 Å². The van der Waals surface area contributed by atoms with Crippen molar-refractivity contribution < 1.29 is 4.79 Å². The zero-order chi connectivity index (χ0) is 17.4. The third kappa shape index (κ3) is 7.24. The minimum absolute atomic E-state index is 0.0635. The van der Waals surface area contributed by atoms with Crippen molar-refractivity contribution in [1.82, 2.24) is 20.5 Å². The molecule has 24 heavy (non-hydrogen) atoms. The van der Waals surface area contributed by atoms with Gasteiger partial charge < -0.3 is 5.32 Å². The Kier molecular flexibility index (Phi) is 8.09. The van der Waals surface area contributed by atoms with E-state index in [0.29, 0.717) is 16.8 Å². The van der Waals surface area contributed by atoms with Crippen LogP contribution in [0.5, 0.6) is 0 Å². The number of hydrogen-bond donors (Lipinski definition) is 2. The standard InChI is InChI=1S/C18H32N4OS/c1-13(2)8-9-14(3)19-17(23)12-24-18-20-16(21-22-18)11-10-15-6-4-5-7-15/h13-15H,4-12H2,1-3H3,(H,19,23)(H,20,21,22)/t14-/m1/s1. The van der Waals surface area contributed by atoms with E-state index >= 15 is 0 Å². The highest BCUT2D eigenvalue weighted by Gasteiger charge is 2.16. The molecule has 0 unspecified atom stereocenters. The normalized spacial score (nSPS) is 16.7. The number of aromatic nitrogens is 3. The van der Waals surface area contributed by atoms with Crippen molar-refractivity contribution in [2.45, 2.75) is 83.3 Å². The lowest BCUT2D eigenvalue weighted by molar-refractivity contribution is -0.119. The molecular formula is C18H32N4OS. The first-order chi connectivity index (χ1) is 11.5. The first-order valence-electron chi connectivity index (χ1n) is 9.36. The van der Waals surface area contributed by atoms with Crippen molar-refractivity contribution >= 4 is 17.7 Å². The van der Waals surface area contributed by atoms with Gasteiger partial charge in [0, 0.05) is 12.5 Å². The van der Waals surface area contributed by atoms with Crippen molar-refractivity contribution in [3.05, 3.63) is 5.82 Å². The van der Waals surface area contributed by atoms with E-state index in [4.69, 9.17) is 0 Å². The third-order valence-corrected chi connectivity index (χ3v) is 5.54. The highest BCUT2D eigenvalue weighted by Crippen LogP contribution is 2.28. The summed E-state index contributed by atoms with van der Waals surface area (Å²) in [6.45, 7) is 6.48. The van der Waals surface area contributed by atoms with Gasteiger partial charge in [-0.15, -0.1) is 5.10 Å². The molecule has 1 aliphatic carbocycles.